The summed E-state index contributed by atoms with van der Waals surface area (Å²) in [5, 5.41) is 18.5. The van der Waals surface area contributed by atoms with E-state index >= 15 is 0 Å². The number of carboxylic acids is 1. The van der Waals surface area contributed by atoms with Gasteiger partial charge in [0.2, 0.25) is 0 Å². The average molecular weight is 236 g/mol. The van der Waals surface area contributed by atoms with Crippen LogP contribution >= 0.6 is 0 Å². The van der Waals surface area contributed by atoms with Gasteiger partial charge in [0, 0.05) is 0 Å². The first-order chi connectivity index (χ1) is 8.02. The molecule has 6 heteroatoms. The molecule has 0 saturated carbocycles. The van der Waals surface area contributed by atoms with E-state index in [-0.39, 0.29) is 6.42 Å². The van der Waals surface area contributed by atoms with E-state index in [1.807, 2.05) is 6.92 Å². The molecule has 0 aliphatic carbocycles. The molecule has 1 aliphatic rings. The van der Waals surface area contributed by atoms with Crippen LogP contribution in [0.1, 0.15) is 23.7 Å². The molecular formula is C11H13BO5. The Hall–Kier alpha value is -1.53. The minimum Gasteiger partial charge on any atom is -0.497 e. The first-order valence-corrected chi connectivity index (χ1v) is 5.26. The number of carbonyl (C=O) groups is 1. The summed E-state index contributed by atoms with van der Waals surface area (Å²) in [6.07, 6.45) is -0.750. The second kappa shape index (κ2) is 4.39. The van der Waals surface area contributed by atoms with Crippen molar-refractivity contribution in [2.75, 3.05) is 7.11 Å². The first-order valence-electron chi connectivity index (χ1n) is 5.26. The third-order valence-corrected chi connectivity index (χ3v) is 2.87. The highest BCUT2D eigenvalue weighted by Crippen LogP contribution is 2.31. The highest BCUT2D eigenvalue weighted by atomic mass is 16.5. The molecule has 2 rings (SSSR count). The van der Waals surface area contributed by atoms with Crippen LogP contribution in [0.2, 0.25) is 0 Å². The van der Waals surface area contributed by atoms with Gasteiger partial charge in [0.15, 0.2) is 0 Å². The van der Waals surface area contributed by atoms with Gasteiger partial charge in [-0.2, -0.15) is 0 Å². The van der Waals surface area contributed by atoms with Crippen LogP contribution in [0.25, 0.3) is 0 Å². The number of hydrogen-bond acceptors (Lipinski definition) is 4. The predicted octanol–water partition coefficient (Wildman–Crippen LogP) is 0.237. The zero-order chi connectivity index (χ0) is 12.6. The Labute approximate surface area is 99.1 Å². The Morgan fingerprint density at radius 1 is 1.59 bits per heavy atom. The maximum atomic E-state index is 10.7. The van der Waals surface area contributed by atoms with E-state index in [9.17, 15) is 9.82 Å². The van der Waals surface area contributed by atoms with E-state index in [0.717, 1.165) is 11.1 Å². The van der Waals surface area contributed by atoms with Gasteiger partial charge in [0.1, 0.15) is 5.75 Å². The molecule has 90 valence electrons. The lowest BCUT2D eigenvalue weighted by molar-refractivity contribution is -0.138. The van der Waals surface area contributed by atoms with E-state index < -0.39 is 19.2 Å². The van der Waals surface area contributed by atoms with Crippen LogP contribution in [-0.2, 0) is 9.45 Å². The zero-order valence-corrected chi connectivity index (χ0v) is 9.64. The standard InChI is InChI=1S/C11H13BO5/c1-6-3-7(16-2)4-8-11(6)9(5-10(13)14)17-12(8)15/h3-4,9,15H,5H2,1-2H3,(H,13,14). The molecule has 0 aromatic heterocycles. The van der Waals surface area contributed by atoms with E-state index in [2.05, 4.69) is 0 Å². The summed E-state index contributed by atoms with van der Waals surface area (Å²) < 4.78 is 10.3. The van der Waals surface area contributed by atoms with Gasteiger partial charge in [-0.1, -0.05) is 0 Å². The third-order valence-electron chi connectivity index (χ3n) is 2.87. The third kappa shape index (κ3) is 2.14. The summed E-state index contributed by atoms with van der Waals surface area (Å²) >= 11 is 0. The molecular weight excluding hydrogens is 223 g/mol. The summed E-state index contributed by atoms with van der Waals surface area (Å²) in [5.41, 5.74) is 2.20. The summed E-state index contributed by atoms with van der Waals surface area (Å²) in [5.74, 6) is -0.329. The van der Waals surface area contributed by atoms with Crippen LogP contribution in [0.3, 0.4) is 0 Å². The van der Waals surface area contributed by atoms with Gasteiger partial charge in [-0.3, -0.25) is 4.79 Å². The number of benzene rings is 1. The smallest absolute Gasteiger partial charge is 0.492 e. The minimum absolute atomic E-state index is 0.156. The fraction of sp³-hybridized carbons (Fsp3) is 0.364. The van der Waals surface area contributed by atoms with Crippen LogP contribution in [0.5, 0.6) is 5.75 Å². The molecule has 0 spiro atoms. The largest absolute Gasteiger partial charge is 0.497 e. The van der Waals surface area contributed by atoms with E-state index in [0.29, 0.717) is 11.2 Å². The fourth-order valence-corrected chi connectivity index (χ4v) is 2.16. The number of hydrogen-bond donors (Lipinski definition) is 2. The maximum Gasteiger partial charge on any atom is 0.492 e. The predicted molar refractivity (Wildman–Crippen MR) is 61.4 cm³/mol. The second-order valence-electron chi connectivity index (χ2n) is 4.02. The Bertz CT molecular complexity index is 459. The molecule has 1 aromatic rings. The van der Waals surface area contributed by atoms with Gasteiger partial charge in [-0.25, -0.2) is 0 Å². The van der Waals surface area contributed by atoms with Crippen molar-refractivity contribution in [2.45, 2.75) is 19.4 Å². The Morgan fingerprint density at radius 2 is 2.29 bits per heavy atom. The average Bonchev–Trinajstić information content (AvgIpc) is 2.55. The number of aliphatic carboxylic acids is 1. The van der Waals surface area contributed by atoms with Crippen LogP contribution < -0.4 is 10.2 Å². The summed E-state index contributed by atoms with van der Waals surface area (Å²) in [6, 6.07) is 3.48. The molecule has 0 amide bonds. The van der Waals surface area contributed by atoms with Crippen molar-refractivity contribution in [1.82, 2.24) is 0 Å². The summed E-state index contributed by atoms with van der Waals surface area (Å²) in [6.45, 7) is 1.84. The lowest BCUT2D eigenvalue weighted by Crippen LogP contribution is -2.28. The van der Waals surface area contributed by atoms with Crippen LogP contribution in [0.4, 0.5) is 0 Å². The number of rotatable bonds is 3. The van der Waals surface area contributed by atoms with Crippen LogP contribution in [-0.4, -0.2) is 30.3 Å². The molecule has 0 saturated heterocycles. The molecule has 1 aliphatic heterocycles. The number of fused-ring (bicyclic) bond motifs is 1. The normalized spacial score (nSPS) is 18.1. The number of methoxy groups -OCH3 is 1. The first kappa shape index (κ1) is 11.9. The van der Waals surface area contributed by atoms with Crippen molar-refractivity contribution in [2.24, 2.45) is 0 Å². The highest BCUT2D eigenvalue weighted by molar-refractivity contribution is 6.62. The van der Waals surface area contributed by atoms with Gasteiger partial charge in [-0.05, 0) is 35.6 Å². The van der Waals surface area contributed by atoms with Gasteiger partial charge in [-0.15, -0.1) is 0 Å². The van der Waals surface area contributed by atoms with Crippen molar-refractivity contribution in [1.29, 1.82) is 0 Å². The quantitative estimate of drug-likeness (QED) is 0.735. The number of aryl methyl sites for hydroxylation is 1. The van der Waals surface area contributed by atoms with Crippen molar-refractivity contribution in [3.8, 4) is 5.75 Å². The Balaban J connectivity index is 2.43. The highest BCUT2D eigenvalue weighted by Gasteiger charge is 2.37. The van der Waals surface area contributed by atoms with Gasteiger partial charge >= 0.3 is 13.1 Å². The lowest BCUT2D eigenvalue weighted by atomic mass is 9.77. The van der Waals surface area contributed by atoms with Crippen LogP contribution in [0.15, 0.2) is 12.1 Å². The molecule has 1 aromatic carbocycles. The summed E-state index contributed by atoms with van der Waals surface area (Å²) in [7, 11) is 0.459. The molecule has 1 atom stereocenters. The molecule has 0 radical (unpaired) electrons. The molecule has 2 N–H and O–H groups in total. The number of ether oxygens (including phenoxy) is 1. The Kier molecular flexibility index (Phi) is 3.08. The van der Waals surface area contributed by atoms with Crippen molar-refractivity contribution in [3.63, 3.8) is 0 Å². The van der Waals surface area contributed by atoms with Crippen molar-refractivity contribution >= 4 is 18.6 Å². The molecule has 0 bridgehead atoms. The SMILES string of the molecule is COc1cc(C)c2c(c1)B(O)OC2CC(=O)O. The number of carboxylic acid groups (broad SMARTS) is 1. The Morgan fingerprint density at radius 3 is 2.88 bits per heavy atom. The van der Waals surface area contributed by atoms with Crippen molar-refractivity contribution < 1.29 is 24.3 Å². The molecule has 5 nitrogen and oxygen atoms in total. The van der Waals surface area contributed by atoms with E-state index in [1.54, 1.807) is 12.1 Å². The van der Waals surface area contributed by atoms with E-state index in [4.69, 9.17) is 14.5 Å². The monoisotopic (exact) mass is 236 g/mol. The van der Waals surface area contributed by atoms with Gasteiger partial charge in [0.25, 0.3) is 0 Å². The molecule has 1 unspecified atom stereocenters. The zero-order valence-electron chi connectivity index (χ0n) is 9.64. The minimum atomic E-state index is -1.08. The molecule has 17 heavy (non-hydrogen) atoms. The molecule has 1 heterocycles. The topological polar surface area (TPSA) is 76.0 Å². The van der Waals surface area contributed by atoms with Crippen LogP contribution in [0, 0.1) is 6.92 Å². The summed E-state index contributed by atoms with van der Waals surface area (Å²) in [4.78, 5) is 10.7. The molecule has 0 fully saturated rings. The van der Waals surface area contributed by atoms with Crippen molar-refractivity contribution in [3.05, 3.63) is 23.3 Å². The lowest BCUT2D eigenvalue weighted by Gasteiger charge is -2.12. The van der Waals surface area contributed by atoms with Gasteiger partial charge in [0.05, 0.1) is 19.6 Å². The maximum absolute atomic E-state index is 10.7. The van der Waals surface area contributed by atoms with Gasteiger partial charge < -0.3 is 19.5 Å². The fourth-order valence-electron chi connectivity index (χ4n) is 2.16. The van der Waals surface area contributed by atoms with E-state index in [1.165, 1.54) is 7.11 Å². The second-order valence-corrected chi connectivity index (χ2v) is 4.02.